The Morgan fingerprint density at radius 1 is 1.25 bits per heavy atom. The Hall–Kier alpha value is -4.76. The molecule has 7 heterocycles. The van der Waals surface area contributed by atoms with Gasteiger partial charge in [0.25, 0.3) is 0 Å². The third-order valence-electron chi connectivity index (χ3n) is 10.9. The Balaban J connectivity index is 1.12. The highest BCUT2D eigenvalue weighted by Crippen LogP contribution is 2.46. The van der Waals surface area contributed by atoms with E-state index in [-0.39, 0.29) is 74.1 Å². The normalized spacial score (nSPS) is 22.5. The smallest absolute Gasteiger partial charge is 0.346 e. The number of benzene rings is 2. The molecule has 0 saturated carbocycles. The summed E-state index contributed by atoms with van der Waals surface area (Å²) in [6, 6.07) is 5.71. The number of thiophene rings is 1. The Labute approximate surface area is 309 Å². The lowest BCUT2D eigenvalue weighted by molar-refractivity contribution is -0.133. The number of amides is 1. The molecule has 2 N–H and O–H groups in total. The van der Waals surface area contributed by atoms with Crippen LogP contribution in [0.5, 0.6) is 6.01 Å². The number of anilines is 2. The van der Waals surface area contributed by atoms with Crippen molar-refractivity contribution in [2.75, 3.05) is 63.1 Å². The molecule has 0 bridgehead atoms. The van der Waals surface area contributed by atoms with Crippen LogP contribution in [0.25, 0.3) is 32.1 Å². The third-order valence-corrected chi connectivity index (χ3v) is 12.2. The van der Waals surface area contributed by atoms with Crippen LogP contribution in [0.1, 0.15) is 30.7 Å². The highest BCUT2D eigenvalue weighted by molar-refractivity contribution is 7.23. The molecule has 9 rings (SSSR count). The lowest BCUT2D eigenvalue weighted by Gasteiger charge is -2.53. The van der Waals surface area contributed by atoms with Gasteiger partial charge in [0, 0.05) is 35.8 Å². The Morgan fingerprint density at radius 3 is 2.85 bits per heavy atom. The first-order chi connectivity index (χ1) is 25.5. The summed E-state index contributed by atoms with van der Waals surface area (Å²) in [6.07, 6.45) is 2.38. The molecule has 1 amide bonds. The summed E-state index contributed by atoms with van der Waals surface area (Å²) < 4.78 is 60.5. The third kappa shape index (κ3) is 5.45. The van der Waals surface area contributed by atoms with E-state index < -0.39 is 28.9 Å². The number of hydrogen-bond acceptors (Lipinski definition) is 12. The highest BCUT2D eigenvalue weighted by atomic mass is 35.5. The van der Waals surface area contributed by atoms with Crippen LogP contribution in [0.4, 0.5) is 28.8 Å². The van der Waals surface area contributed by atoms with Crippen molar-refractivity contribution < 1.29 is 27.4 Å². The predicted molar refractivity (Wildman–Crippen MR) is 191 cm³/mol. The Kier molecular flexibility index (Phi) is 7.97. The Bertz CT molecular complexity index is 2380. The molecule has 5 aromatic rings. The summed E-state index contributed by atoms with van der Waals surface area (Å²) >= 11 is 7.79. The average molecular weight is 765 g/mol. The molecule has 53 heavy (non-hydrogen) atoms. The molecular formula is C35H32ClF3N10O3S. The maximum atomic E-state index is 17.2. The second-order valence-corrected chi connectivity index (χ2v) is 15.7. The molecule has 4 saturated heterocycles. The number of morpholine rings is 1. The number of carbonyl (C=O) groups excluding carboxylic acids is 1. The first-order valence-corrected chi connectivity index (χ1v) is 18.4. The fourth-order valence-electron chi connectivity index (χ4n) is 8.45. The lowest BCUT2D eigenvalue weighted by atomic mass is 9.92. The minimum atomic E-state index is -0.974. The molecule has 274 valence electrons. The molecule has 1 spiro atoms. The molecule has 4 aliphatic heterocycles. The summed E-state index contributed by atoms with van der Waals surface area (Å²) in [5.41, 5.74) is 4.86. The van der Waals surface area contributed by atoms with Gasteiger partial charge in [-0.1, -0.05) is 17.7 Å². The number of aromatic nitrogens is 5. The van der Waals surface area contributed by atoms with Gasteiger partial charge in [-0.3, -0.25) is 4.90 Å². The van der Waals surface area contributed by atoms with E-state index in [4.69, 9.17) is 31.8 Å². The topological polar surface area (TPSA) is 152 Å². The summed E-state index contributed by atoms with van der Waals surface area (Å²) in [6.45, 7) is 4.44. The first kappa shape index (κ1) is 34.0. The van der Waals surface area contributed by atoms with E-state index in [9.17, 15) is 18.8 Å². The SMILES string of the molecule is Cc1ncn(C(=O)N2CC3(C2)CN(c2nc(OC[C@@]45CCCN4C[C@H](F)C5)nc4c(F)c(-c5ccc(F)c6sc(N)c(C#N)c56)c(Cl)cc24)CCO3)n1. The number of nitrogens with two attached hydrogens (primary N) is 1. The average Bonchev–Trinajstić information content (AvgIpc) is 3.89. The van der Waals surface area contributed by atoms with Crippen LogP contribution in [0.3, 0.4) is 0 Å². The van der Waals surface area contributed by atoms with Gasteiger partial charge in [-0.25, -0.2) is 22.9 Å². The molecule has 3 aromatic heterocycles. The van der Waals surface area contributed by atoms with Crippen molar-refractivity contribution in [3.05, 3.63) is 52.6 Å². The minimum absolute atomic E-state index is 0.0120. The number of halogens is 4. The number of nitriles is 1. The lowest BCUT2D eigenvalue weighted by Crippen LogP contribution is -2.71. The molecule has 4 fully saturated rings. The van der Waals surface area contributed by atoms with Crippen LogP contribution >= 0.6 is 22.9 Å². The zero-order valence-corrected chi connectivity index (χ0v) is 30.0. The van der Waals surface area contributed by atoms with Crippen molar-refractivity contribution in [3.8, 4) is 23.2 Å². The zero-order valence-electron chi connectivity index (χ0n) is 28.4. The summed E-state index contributed by atoms with van der Waals surface area (Å²) in [7, 11) is 0. The fourth-order valence-corrected chi connectivity index (χ4v) is 9.70. The molecule has 0 radical (unpaired) electrons. The van der Waals surface area contributed by atoms with E-state index in [1.807, 2.05) is 11.0 Å². The minimum Gasteiger partial charge on any atom is -0.461 e. The molecule has 2 aromatic carbocycles. The van der Waals surface area contributed by atoms with E-state index in [0.29, 0.717) is 49.7 Å². The predicted octanol–water partition coefficient (Wildman–Crippen LogP) is 5.31. The van der Waals surface area contributed by atoms with Crippen molar-refractivity contribution in [1.82, 2.24) is 34.5 Å². The van der Waals surface area contributed by atoms with E-state index in [0.717, 1.165) is 30.7 Å². The van der Waals surface area contributed by atoms with Gasteiger partial charge in [-0.2, -0.15) is 19.9 Å². The molecular weight excluding hydrogens is 733 g/mol. The van der Waals surface area contributed by atoms with E-state index in [2.05, 4.69) is 20.0 Å². The number of ether oxygens (including phenoxy) is 2. The number of aryl methyl sites for hydroxylation is 1. The van der Waals surface area contributed by atoms with Crippen LogP contribution < -0.4 is 15.4 Å². The summed E-state index contributed by atoms with van der Waals surface area (Å²) in [5.74, 6) is -0.604. The van der Waals surface area contributed by atoms with Crippen molar-refractivity contribution in [1.29, 1.82) is 5.26 Å². The number of nitrogen functional groups attached to an aromatic ring is 1. The number of likely N-dealkylation sites (tertiary alicyclic amines) is 1. The van der Waals surface area contributed by atoms with Crippen molar-refractivity contribution in [3.63, 3.8) is 0 Å². The quantitative estimate of drug-likeness (QED) is 0.248. The van der Waals surface area contributed by atoms with Crippen molar-refractivity contribution in [2.24, 2.45) is 0 Å². The molecule has 13 nitrogen and oxygen atoms in total. The molecule has 0 unspecified atom stereocenters. The summed E-state index contributed by atoms with van der Waals surface area (Å²) in [4.78, 5) is 32.1. The second-order valence-electron chi connectivity index (χ2n) is 14.2. The molecule has 2 atom stereocenters. The van der Waals surface area contributed by atoms with Crippen LogP contribution in [0, 0.1) is 29.9 Å². The maximum Gasteiger partial charge on any atom is 0.346 e. The first-order valence-electron chi connectivity index (χ1n) is 17.2. The zero-order chi connectivity index (χ0) is 36.8. The Morgan fingerprint density at radius 2 is 2.08 bits per heavy atom. The van der Waals surface area contributed by atoms with Gasteiger partial charge in [0.15, 0.2) is 5.82 Å². The van der Waals surface area contributed by atoms with E-state index in [1.165, 1.54) is 23.1 Å². The van der Waals surface area contributed by atoms with Gasteiger partial charge in [-0.15, -0.1) is 16.4 Å². The van der Waals surface area contributed by atoms with Crippen molar-refractivity contribution in [2.45, 2.75) is 43.5 Å². The largest absolute Gasteiger partial charge is 0.461 e. The molecule has 4 aliphatic rings. The monoisotopic (exact) mass is 764 g/mol. The molecule has 18 heteroatoms. The number of rotatable bonds is 5. The van der Waals surface area contributed by atoms with Gasteiger partial charge in [-0.05, 0) is 44.0 Å². The van der Waals surface area contributed by atoms with Gasteiger partial charge >= 0.3 is 12.0 Å². The van der Waals surface area contributed by atoms with Crippen LogP contribution in [0.2, 0.25) is 5.02 Å². The number of carbonyl (C=O) groups is 1. The fraction of sp³-hybridized carbons (Fsp3) is 0.429. The highest BCUT2D eigenvalue weighted by Gasteiger charge is 2.51. The standard InChI is InChI=1S/C35H32ClF3N10O3S/c1-18-42-17-49(45-18)33(50)47-14-35(15-47)13-46(7-8-52-35)31-21-9-23(36)26(20-3-4-24(38)29-25(20)22(11-40)30(41)53-29)27(39)28(21)43-32(44-31)51-16-34-5-2-6-48(34)12-19(37)10-34/h3-4,9,17,19H,2,5-8,10,12-16,41H2,1H3/t19-,34+/m1/s1. The number of fused-ring (bicyclic) bond motifs is 3. The van der Waals surface area contributed by atoms with Gasteiger partial charge in [0.1, 0.15) is 58.8 Å². The second kappa shape index (κ2) is 12.4. The van der Waals surface area contributed by atoms with Gasteiger partial charge < -0.3 is 25.0 Å². The van der Waals surface area contributed by atoms with Gasteiger partial charge in [0.2, 0.25) is 0 Å². The maximum absolute atomic E-state index is 17.2. The number of alkyl halides is 1. The molecule has 0 aliphatic carbocycles. The van der Waals surface area contributed by atoms with Crippen LogP contribution in [0.15, 0.2) is 24.5 Å². The van der Waals surface area contributed by atoms with E-state index in [1.54, 1.807) is 17.9 Å². The summed E-state index contributed by atoms with van der Waals surface area (Å²) in [5, 5.41) is 14.6. The van der Waals surface area contributed by atoms with Gasteiger partial charge in [0.05, 0.1) is 47.1 Å². The number of nitrogens with zero attached hydrogens (tertiary/aromatic N) is 9. The van der Waals surface area contributed by atoms with Crippen molar-refractivity contribution >= 4 is 60.8 Å². The van der Waals surface area contributed by atoms with E-state index >= 15 is 4.39 Å². The number of hydrogen-bond donors (Lipinski definition) is 1. The van der Waals surface area contributed by atoms with Crippen LogP contribution in [-0.4, -0.2) is 110 Å². The van der Waals surface area contributed by atoms with Crippen LogP contribution in [-0.2, 0) is 4.74 Å².